The summed E-state index contributed by atoms with van der Waals surface area (Å²) < 4.78 is 0.990. The summed E-state index contributed by atoms with van der Waals surface area (Å²) in [5, 5.41) is 0.600. The Morgan fingerprint density at radius 1 is 1.19 bits per heavy atom. The largest absolute Gasteiger partial charge is 0.236 e. The highest BCUT2D eigenvalue weighted by Gasteiger charge is 2.24. The van der Waals surface area contributed by atoms with E-state index in [0.717, 1.165) is 34.4 Å². The van der Waals surface area contributed by atoms with Crippen LogP contribution in [0, 0.1) is 3.57 Å². The van der Waals surface area contributed by atoms with Crippen LogP contribution >= 0.6 is 34.2 Å². The Morgan fingerprint density at radius 2 is 1.90 bits per heavy atom. The van der Waals surface area contributed by atoms with Crippen molar-refractivity contribution in [2.24, 2.45) is 0 Å². The monoisotopic (exact) mass is 412 g/mol. The van der Waals surface area contributed by atoms with E-state index in [0.29, 0.717) is 17.0 Å². The Hall–Kier alpha value is -0.680. The van der Waals surface area contributed by atoms with Gasteiger partial charge in [-0.1, -0.05) is 49.7 Å². The second-order valence-corrected chi connectivity index (χ2v) is 7.37. The first-order valence-corrected chi connectivity index (χ1v) is 8.81. The van der Waals surface area contributed by atoms with Gasteiger partial charge in [0.2, 0.25) is 0 Å². The number of nitrogens with zero attached hydrogens (tertiary/aromatic N) is 2. The van der Waals surface area contributed by atoms with Crippen molar-refractivity contribution in [1.29, 1.82) is 0 Å². The highest BCUT2D eigenvalue weighted by molar-refractivity contribution is 14.1. The molecular formula is C17H18ClIN2. The Balaban J connectivity index is 1.95. The van der Waals surface area contributed by atoms with Crippen LogP contribution in [0.25, 0.3) is 0 Å². The van der Waals surface area contributed by atoms with Gasteiger partial charge in [0.15, 0.2) is 0 Å². The number of hydrogen-bond acceptors (Lipinski definition) is 2. The molecule has 1 aliphatic carbocycles. The predicted molar refractivity (Wildman–Crippen MR) is 95.1 cm³/mol. The number of fused-ring (bicyclic) bond motifs is 1. The number of aryl methyl sites for hydroxylation is 1. The number of halogens is 2. The molecule has 1 aliphatic rings. The maximum atomic E-state index is 6.32. The van der Waals surface area contributed by atoms with E-state index >= 15 is 0 Å². The summed E-state index contributed by atoms with van der Waals surface area (Å²) in [4.78, 5) is 9.39. The summed E-state index contributed by atoms with van der Waals surface area (Å²) in [6.45, 7) is 4.31. The van der Waals surface area contributed by atoms with Gasteiger partial charge in [0.25, 0.3) is 0 Å². The third kappa shape index (κ3) is 3.09. The van der Waals surface area contributed by atoms with E-state index in [1.54, 1.807) is 0 Å². The Kier molecular flexibility index (Phi) is 4.50. The number of aromatic nitrogens is 2. The summed E-state index contributed by atoms with van der Waals surface area (Å²) in [6, 6.07) is 8.68. The molecule has 1 heterocycles. The van der Waals surface area contributed by atoms with Gasteiger partial charge in [-0.2, -0.15) is 0 Å². The van der Waals surface area contributed by atoms with Gasteiger partial charge >= 0.3 is 0 Å². The Morgan fingerprint density at radius 3 is 2.62 bits per heavy atom. The zero-order valence-corrected chi connectivity index (χ0v) is 15.1. The second kappa shape index (κ2) is 6.21. The Labute approximate surface area is 144 Å². The van der Waals surface area contributed by atoms with Gasteiger partial charge in [0.05, 0.1) is 9.26 Å². The van der Waals surface area contributed by atoms with Crippen LogP contribution in [0.2, 0.25) is 5.15 Å². The fourth-order valence-electron chi connectivity index (χ4n) is 2.94. The van der Waals surface area contributed by atoms with Crippen LogP contribution in [0.3, 0.4) is 0 Å². The SMILES string of the molecule is CC(C)c1nc(C2CCc3ccccc3C2)nc(Cl)c1I. The number of hydrogen-bond donors (Lipinski definition) is 0. The average molecular weight is 413 g/mol. The maximum Gasteiger partial charge on any atom is 0.146 e. The molecule has 110 valence electrons. The van der Waals surface area contributed by atoms with Crippen LogP contribution in [0.1, 0.15) is 54.7 Å². The third-order valence-corrected chi connectivity index (χ3v) is 5.77. The zero-order valence-electron chi connectivity index (χ0n) is 12.2. The predicted octanol–water partition coefficient (Wildman–Crippen LogP) is 5.13. The highest BCUT2D eigenvalue weighted by atomic mass is 127. The third-order valence-electron chi connectivity index (χ3n) is 4.11. The first-order valence-electron chi connectivity index (χ1n) is 7.36. The molecule has 3 rings (SSSR count). The fourth-order valence-corrected chi connectivity index (χ4v) is 3.98. The summed E-state index contributed by atoms with van der Waals surface area (Å²) in [5.41, 5.74) is 3.97. The molecule has 1 atom stereocenters. The van der Waals surface area contributed by atoms with E-state index in [9.17, 15) is 0 Å². The molecule has 0 radical (unpaired) electrons. The summed E-state index contributed by atoms with van der Waals surface area (Å²) in [7, 11) is 0. The topological polar surface area (TPSA) is 25.8 Å². The smallest absolute Gasteiger partial charge is 0.146 e. The lowest BCUT2D eigenvalue weighted by Crippen LogP contribution is -2.17. The van der Waals surface area contributed by atoms with Gasteiger partial charge in [0, 0.05) is 5.92 Å². The molecule has 1 unspecified atom stereocenters. The average Bonchev–Trinajstić information content (AvgIpc) is 2.49. The molecular weight excluding hydrogens is 395 g/mol. The molecule has 0 spiro atoms. The van der Waals surface area contributed by atoms with Gasteiger partial charge < -0.3 is 0 Å². The normalized spacial score (nSPS) is 17.9. The second-order valence-electron chi connectivity index (χ2n) is 5.93. The minimum Gasteiger partial charge on any atom is -0.236 e. The van der Waals surface area contributed by atoms with E-state index in [-0.39, 0.29) is 0 Å². The van der Waals surface area contributed by atoms with Crippen LogP contribution in [0.15, 0.2) is 24.3 Å². The van der Waals surface area contributed by atoms with E-state index in [2.05, 4.69) is 65.7 Å². The summed E-state index contributed by atoms with van der Waals surface area (Å²) in [5.74, 6) is 1.66. The summed E-state index contributed by atoms with van der Waals surface area (Å²) >= 11 is 8.57. The quantitative estimate of drug-likeness (QED) is 0.505. The van der Waals surface area contributed by atoms with E-state index in [1.165, 1.54) is 11.1 Å². The minimum atomic E-state index is 0.368. The molecule has 0 N–H and O–H groups in total. The molecule has 0 fully saturated rings. The lowest BCUT2D eigenvalue weighted by atomic mass is 9.83. The molecule has 0 amide bonds. The van der Waals surface area contributed by atoms with E-state index in [4.69, 9.17) is 16.6 Å². The van der Waals surface area contributed by atoms with Crippen molar-refractivity contribution in [2.45, 2.75) is 44.9 Å². The fraction of sp³-hybridized carbons (Fsp3) is 0.412. The van der Waals surface area contributed by atoms with Crippen molar-refractivity contribution in [1.82, 2.24) is 9.97 Å². The molecule has 0 saturated heterocycles. The van der Waals surface area contributed by atoms with Gasteiger partial charge in [-0.05, 0) is 58.9 Å². The summed E-state index contributed by atoms with van der Waals surface area (Å²) in [6.07, 6.45) is 3.22. The van der Waals surface area contributed by atoms with Crippen LogP contribution in [0.4, 0.5) is 0 Å². The Bertz CT molecular complexity index is 670. The standard InChI is InChI=1S/C17H18ClIN2/c1-10(2)15-14(19)16(18)21-17(20-15)13-8-7-11-5-3-4-6-12(11)9-13/h3-6,10,13H,7-9H2,1-2H3. The first kappa shape index (κ1) is 15.2. The van der Waals surface area contributed by atoms with Gasteiger partial charge in [0.1, 0.15) is 11.0 Å². The van der Waals surface area contributed by atoms with Crippen LogP contribution in [-0.4, -0.2) is 9.97 Å². The van der Waals surface area contributed by atoms with Crippen molar-refractivity contribution in [3.05, 3.63) is 55.6 Å². The molecule has 1 aromatic heterocycles. The molecule has 0 bridgehead atoms. The van der Waals surface area contributed by atoms with Crippen molar-refractivity contribution in [3.8, 4) is 0 Å². The van der Waals surface area contributed by atoms with Crippen molar-refractivity contribution in [3.63, 3.8) is 0 Å². The lowest BCUT2D eigenvalue weighted by Gasteiger charge is -2.24. The van der Waals surface area contributed by atoms with Crippen molar-refractivity contribution < 1.29 is 0 Å². The van der Waals surface area contributed by atoms with Crippen LogP contribution in [-0.2, 0) is 12.8 Å². The molecule has 1 aromatic carbocycles. The molecule has 4 heteroatoms. The maximum absolute atomic E-state index is 6.32. The molecule has 0 aliphatic heterocycles. The van der Waals surface area contributed by atoms with Crippen LogP contribution in [0.5, 0.6) is 0 Å². The zero-order chi connectivity index (χ0) is 15.0. The first-order chi connectivity index (χ1) is 10.1. The van der Waals surface area contributed by atoms with E-state index < -0.39 is 0 Å². The minimum absolute atomic E-state index is 0.368. The van der Waals surface area contributed by atoms with Gasteiger partial charge in [-0.15, -0.1) is 0 Å². The molecule has 0 saturated carbocycles. The highest BCUT2D eigenvalue weighted by Crippen LogP contribution is 2.33. The molecule has 2 nitrogen and oxygen atoms in total. The molecule has 2 aromatic rings. The van der Waals surface area contributed by atoms with E-state index in [1.807, 2.05) is 0 Å². The van der Waals surface area contributed by atoms with Crippen molar-refractivity contribution in [2.75, 3.05) is 0 Å². The van der Waals surface area contributed by atoms with Gasteiger partial charge in [-0.3, -0.25) is 0 Å². The number of rotatable bonds is 2. The van der Waals surface area contributed by atoms with Crippen molar-refractivity contribution >= 4 is 34.2 Å². The lowest BCUT2D eigenvalue weighted by molar-refractivity contribution is 0.549. The van der Waals surface area contributed by atoms with Gasteiger partial charge in [-0.25, -0.2) is 9.97 Å². The van der Waals surface area contributed by atoms with Crippen LogP contribution < -0.4 is 0 Å². The number of benzene rings is 1. The molecule has 21 heavy (non-hydrogen) atoms.